The molecule has 4 nitrogen and oxygen atoms in total. The highest BCUT2D eigenvalue weighted by molar-refractivity contribution is 14.0. The molecule has 0 amide bonds. The first kappa shape index (κ1) is 22.4. The highest BCUT2D eigenvalue weighted by Gasteiger charge is 2.08. The van der Waals surface area contributed by atoms with Gasteiger partial charge < -0.3 is 10.6 Å². The predicted molar refractivity (Wildman–Crippen MR) is 122 cm³/mol. The third kappa shape index (κ3) is 8.04. The smallest absolute Gasteiger partial charge is 0.191 e. The average molecular weight is 492 g/mol. The summed E-state index contributed by atoms with van der Waals surface area (Å²) in [4.78, 5) is 10.8. The summed E-state index contributed by atoms with van der Waals surface area (Å²) in [6, 6.07) is 4.32. The summed E-state index contributed by atoms with van der Waals surface area (Å²) in [6.45, 7) is 11.1. The lowest BCUT2D eigenvalue weighted by Crippen LogP contribution is -2.39. The fourth-order valence-electron chi connectivity index (χ4n) is 2.28. The monoisotopic (exact) mass is 492 g/mol. The molecule has 0 spiro atoms. The summed E-state index contributed by atoms with van der Waals surface area (Å²) in [5, 5.41) is 12.2. The standard InChI is InChI=1S/C18H28N4S2.HI/c1-5-19-18(20-10-14(4)9-16-7-6-8-23-16)21-11-15-12-24-17(22-15)13(2)3;/h6-8,12-14H,5,9-11H2,1-4H3,(H2,19,20,21);1H. The molecular weight excluding hydrogens is 463 g/mol. The number of guanidine groups is 1. The van der Waals surface area contributed by atoms with Gasteiger partial charge in [0.25, 0.3) is 0 Å². The lowest BCUT2D eigenvalue weighted by molar-refractivity contribution is 0.562. The van der Waals surface area contributed by atoms with Gasteiger partial charge in [0.15, 0.2) is 5.96 Å². The second kappa shape index (κ2) is 11.9. The normalized spacial score (nSPS) is 12.8. The molecule has 0 bridgehead atoms. The van der Waals surface area contributed by atoms with Crippen molar-refractivity contribution < 1.29 is 0 Å². The van der Waals surface area contributed by atoms with Gasteiger partial charge in [-0.25, -0.2) is 9.98 Å². The van der Waals surface area contributed by atoms with Gasteiger partial charge in [-0.2, -0.15) is 0 Å². The third-order valence-electron chi connectivity index (χ3n) is 3.55. The van der Waals surface area contributed by atoms with Crippen LogP contribution in [0.25, 0.3) is 0 Å². The number of halogens is 1. The zero-order chi connectivity index (χ0) is 17.4. The zero-order valence-electron chi connectivity index (χ0n) is 15.4. The number of nitrogens with zero attached hydrogens (tertiary/aromatic N) is 2. The van der Waals surface area contributed by atoms with E-state index in [-0.39, 0.29) is 24.0 Å². The summed E-state index contributed by atoms with van der Waals surface area (Å²) in [5.41, 5.74) is 1.05. The Balaban J connectivity index is 0.00000312. The van der Waals surface area contributed by atoms with E-state index in [9.17, 15) is 0 Å². The van der Waals surface area contributed by atoms with Crippen LogP contribution in [0, 0.1) is 5.92 Å². The molecule has 0 saturated heterocycles. The fourth-order valence-corrected chi connectivity index (χ4v) is 3.97. The van der Waals surface area contributed by atoms with Crippen LogP contribution < -0.4 is 10.6 Å². The van der Waals surface area contributed by atoms with Gasteiger partial charge in [-0.3, -0.25) is 0 Å². The van der Waals surface area contributed by atoms with Crippen molar-refractivity contribution in [2.45, 2.75) is 46.6 Å². The molecule has 1 atom stereocenters. The molecule has 2 aromatic rings. The molecule has 2 rings (SSSR count). The zero-order valence-corrected chi connectivity index (χ0v) is 19.4. The van der Waals surface area contributed by atoms with Gasteiger partial charge in [0.1, 0.15) is 0 Å². The fraction of sp³-hybridized carbons (Fsp3) is 0.556. The van der Waals surface area contributed by atoms with Crippen LogP contribution in [-0.2, 0) is 13.0 Å². The highest BCUT2D eigenvalue weighted by atomic mass is 127. The molecule has 7 heteroatoms. The quantitative estimate of drug-likeness (QED) is 0.314. The minimum atomic E-state index is 0. The Bertz CT molecular complexity index is 623. The Morgan fingerprint density at radius 1 is 1.24 bits per heavy atom. The average Bonchev–Trinajstić information content (AvgIpc) is 3.21. The minimum absolute atomic E-state index is 0. The topological polar surface area (TPSA) is 49.3 Å². The lowest BCUT2D eigenvalue weighted by Gasteiger charge is -2.15. The minimum Gasteiger partial charge on any atom is -0.357 e. The van der Waals surface area contributed by atoms with Crippen LogP contribution in [-0.4, -0.2) is 24.0 Å². The summed E-state index contributed by atoms with van der Waals surface area (Å²) >= 11 is 3.55. The number of aromatic nitrogens is 1. The van der Waals surface area contributed by atoms with E-state index in [0.29, 0.717) is 18.4 Å². The first-order valence-corrected chi connectivity index (χ1v) is 10.3. The molecule has 2 aromatic heterocycles. The van der Waals surface area contributed by atoms with Gasteiger partial charge in [0, 0.05) is 29.3 Å². The van der Waals surface area contributed by atoms with E-state index >= 15 is 0 Å². The molecular formula is C18H29IN4S2. The number of rotatable bonds is 8. The van der Waals surface area contributed by atoms with E-state index in [1.807, 2.05) is 11.3 Å². The van der Waals surface area contributed by atoms with Crippen molar-refractivity contribution in [1.29, 1.82) is 0 Å². The van der Waals surface area contributed by atoms with Gasteiger partial charge in [-0.1, -0.05) is 26.8 Å². The van der Waals surface area contributed by atoms with Crippen molar-refractivity contribution in [3.8, 4) is 0 Å². The Hall–Kier alpha value is -0.670. The molecule has 25 heavy (non-hydrogen) atoms. The molecule has 2 N–H and O–H groups in total. The van der Waals surface area contributed by atoms with E-state index in [1.165, 1.54) is 9.88 Å². The van der Waals surface area contributed by atoms with Gasteiger partial charge >= 0.3 is 0 Å². The number of hydrogen-bond donors (Lipinski definition) is 2. The van der Waals surface area contributed by atoms with Crippen LogP contribution >= 0.6 is 46.7 Å². The molecule has 140 valence electrons. The maximum Gasteiger partial charge on any atom is 0.191 e. The molecule has 0 saturated carbocycles. The summed E-state index contributed by atoms with van der Waals surface area (Å²) in [7, 11) is 0. The number of nitrogens with one attached hydrogen (secondary N) is 2. The predicted octanol–water partition coefficient (Wildman–Crippen LogP) is 4.88. The molecule has 0 radical (unpaired) electrons. The van der Waals surface area contributed by atoms with Crippen molar-refractivity contribution in [3.05, 3.63) is 38.5 Å². The molecule has 1 unspecified atom stereocenters. The van der Waals surface area contributed by atoms with E-state index in [1.54, 1.807) is 11.3 Å². The van der Waals surface area contributed by atoms with Gasteiger partial charge in [0.2, 0.25) is 0 Å². The van der Waals surface area contributed by atoms with Gasteiger partial charge in [-0.15, -0.1) is 46.7 Å². The molecule has 0 aliphatic carbocycles. The van der Waals surface area contributed by atoms with Crippen molar-refractivity contribution in [1.82, 2.24) is 15.6 Å². The Morgan fingerprint density at radius 3 is 2.64 bits per heavy atom. The maximum atomic E-state index is 4.67. The van der Waals surface area contributed by atoms with Crippen LogP contribution in [0.15, 0.2) is 27.9 Å². The number of thiophene rings is 1. The van der Waals surface area contributed by atoms with Crippen molar-refractivity contribution in [2.24, 2.45) is 10.9 Å². The first-order valence-electron chi connectivity index (χ1n) is 8.57. The largest absolute Gasteiger partial charge is 0.357 e. The second-order valence-electron chi connectivity index (χ2n) is 6.30. The lowest BCUT2D eigenvalue weighted by atomic mass is 10.1. The first-order chi connectivity index (χ1) is 11.6. The van der Waals surface area contributed by atoms with Crippen LogP contribution in [0.3, 0.4) is 0 Å². The van der Waals surface area contributed by atoms with E-state index in [4.69, 9.17) is 0 Å². The maximum absolute atomic E-state index is 4.67. The van der Waals surface area contributed by atoms with Crippen LogP contribution in [0.2, 0.25) is 0 Å². The van der Waals surface area contributed by atoms with Crippen molar-refractivity contribution >= 4 is 52.6 Å². The van der Waals surface area contributed by atoms with E-state index < -0.39 is 0 Å². The molecule has 0 aliphatic heterocycles. The molecule has 0 fully saturated rings. The highest BCUT2D eigenvalue weighted by Crippen LogP contribution is 2.19. The van der Waals surface area contributed by atoms with Crippen LogP contribution in [0.1, 0.15) is 49.2 Å². The molecule has 2 heterocycles. The summed E-state index contributed by atoms with van der Waals surface area (Å²) < 4.78 is 0. The number of thiazole rings is 1. The van der Waals surface area contributed by atoms with Crippen molar-refractivity contribution in [2.75, 3.05) is 13.1 Å². The van der Waals surface area contributed by atoms with Crippen LogP contribution in [0.4, 0.5) is 0 Å². The SMILES string of the molecule is CCNC(=NCc1csc(C(C)C)n1)NCC(C)Cc1cccs1.I. The van der Waals surface area contributed by atoms with E-state index in [2.05, 4.69) is 71.2 Å². The molecule has 0 aliphatic rings. The van der Waals surface area contributed by atoms with Crippen molar-refractivity contribution in [3.63, 3.8) is 0 Å². The third-order valence-corrected chi connectivity index (χ3v) is 5.65. The number of hydrogen-bond acceptors (Lipinski definition) is 4. The van der Waals surface area contributed by atoms with E-state index in [0.717, 1.165) is 31.2 Å². The summed E-state index contributed by atoms with van der Waals surface area (Å²) in [6.07, 6.45) is 1.11. The van der Waals surface area contributed by atoms with Gasteiger partial charge in [-0.05, 0) is 30.7 Å². The summed E-state index contributed by atoms with van der Waals surface area (Å²) in [5.74, 6) is 1.92. The van der Waals surface area contributed by atoms with Gasteiger partial charge in [0.05, 0.1) is 17.2 Å². The second-order valence-corrected chi connectivity index (χ2v) is 8.22. The Kier molecular flexibility index (Phi) is 10.6. The Labute approximate surface area is 176 Å². The van der Waals surface area contributed by atoms with Crippen LogP contribution in [0.5, 0.6) is 0 Å². The molecule has 0 aromatic carbocycles. The number of aliphatic imine (C=N–C) groups is 1. The Morgan fingerprint density at radius 2 is 2.04 bits per heavy atom.